The van der Waals surface area contributed by atoms with Gasteiger partial charge in [-0.3, -0.25) is 4.79 Å². The summed E-state index contributed by atoms with van der Waals surface area (Å²) in [4.78, 5) is 14.1. The number of halogens is 1. The Morgan fingerprint density at radius 2 is 1.82 bits per heavy atom. The van der Waals surface area contributed by atoms with Gasteiger partial charge in [-0.2, -0.15) is 0 Å². The lowest BCUT2D eigenvalue weighted by Crippen LogP contribution is -2.38. The topological polar surface area (TPSA) is 66.5 Å². The minimum Gasteiger partial charge on any atom is -0.343 e. The van der Waals surface area contributed by atoms with Gasteiger partial charge < -0.3 is 4.90 Å². The second kappa shape index (κ2) is 7.19. The zero-order valence-corrected chi connectivity index (χ0v) is 13.4. The average Bonchev–Trinajstić information content (AvgIpc) is 2.47. The molecule has 1 aromatic carbocycles. The van der Waals surface area contributed by atoms with E-state index in [9.17, 15) is 17.6 Å². The maximum atomic E-state index is 13.0. The molecule has 2 rings (SSSR count). The van der Waals surface area contributed by atoms with E-state index in [1.54, 1.807) is 4.90 Å². The first-order chi connectivity index (χ1) is 10.3. The first kappa shape index (κ1) is 16.9. The van der Waals surface area contributed by atoms with Crippen molar-refractivity contribution >= 4 is 15.9 Å². The fourth-order valence-corrected chi connectivity index (χ4v) is 3.36. The first-order valence-corrected chi connectivity index (χ1v) is 9.25. The van der Waals surface area contributed by atoms with Crippen molar-refractivity contribution in [2.24, 2.45) is 0 Å². The summed E-state index contributed by atoms with van der Waals surface area (Å²) >= 11 is 0. The Morgan fingerprint density at radius 3 is 2.36 bits per heavy atom. The minimum absolute atomic E-state index is 0.0404. The summed E-state index contributed by atoms with van der Waals surface area (Å²) in [5, 5.41) is 0. The highest BCUT2D eigenvalue weighted by atomic mass is 32.2. The summed E-state index contributed by atoms with van der Waals surface area (Å²) in [7, 11) is -3.47. The van der Waals surface area contributed by atoms with Gasteiger partial charge >= 0.3 is 0 Å². The normalized spacial score (nSPS) is 17.3. The van der Waals surface area contributed by atoms with E-state index in [-0.39, 0.29) is 12.3 Å². The molecule has 1 aromatic rings. The van der Waals surface area contributed by atoms with E-state index in [2.05, 4.69) is 4.72 Å². The molecule has 0 radical (unpaired) electrons. The molecule has 7 heteroatoms. The van der Waals surface area contributed by atoms with Crippen LogP contribution in [0, 0.1) is 5.82 Å². The molecule has 0 aliphatic carbocycles. The molecule has 0 unspecified atom stereocenters. The molecule has 0 spiro atoms. The molecule has 0 aromatic heterocycles. The van der Waals surface area contributed by atoms with Gasteiger partial charge in [0.2, 0.25) is 15.9 Å². The zero-order valence-electron chi connectivity index (χ0n) is 12.6. The molecule has 1 atom stereocenters. The van der Waals surface area contributed by atoms with Crippen LogP contribution in [0.2, 0.25) is 0 Å². The number of rotatable bonds is 5. The third kappa shape index (κ3) is 5.06. The van der Waals surface area contributed by atoms with E-state index < -0.39 is 21.9 Å². The summed E-state index contributed by atoms with van der Waals surface area (Å²) in [5.74, 6) is -0.477. The fraction of sp³-hybridized carbons (Fsp3) is 0.533. The summed E-state index contributed by atoms with van der Waals surface area (Å²) < 4.78 is 38.6. The Kier molecular flexibility index (Phi) is 5.52. The Labute approximate surface area is 130 Å². The average molecular weight is 328 g/mol. The molecule has 1 fully saturated rings. The van der Waals surface area contributed by atoms with Crippen LogP contribution < -0.4 is 4.72 Å². The number of piperidine rings is 1. The summed E-state index contributed by atoms with van der Waals surface area (Å²) in [6.07, 6.45) is 4.17. The number of hydrogen-bond donors (Lipinski definition) is 1. The highest BCUT2D eigenvalue weighted by Crippen LogP contribution is 2.21. The standard InChI is InChI=1S/C15H21FN2O3S/c1-22(20,21)17-14(12-5-7-13(16)8-6-12)11-15(19)18-9-3-2-4-10-18/h5-8,14,17H,2-4,9-11H2,1H3/t14-/m1/s1. The maximum Gasteiger partial charge on any atom is 0.224 e. The highest BCUT2D eigenvalue weighted by molar-refractivity contribution is 7.88. The van der Waals surface area contributed by atoms with Crippen molar-refractivity contribution in [1.82, 2.24) is 9.62 Å². The number of benzene rings is 1. The van der Waals surface area contributed by atoms with E-state index in [1.807, 2.05) is 0 Å². The zero-order chi connectivity index (χ0) is 16.2. The van der Waals surface area contributed by atoms with Crippen LogP contribution in [-0.4, -0.2) is 38.6 Å². The number of hydrogen-bond acceptors (Lipinski definition) is 3. The predicted octanol–water partition coefficient (Wildman–Crippen LogP) is 1.82. The monoisotopic (exact) mass is 328 g/mol. The van der Waals surface area contributed by atoms with Crippen LogP contribution in [0.5, 0.6) is 0 Å². The van der Waals surface area contributed by atoms with E-state index in [0.717, 1.165) is 25.5 Å². The number of likely N-dealkylation sites (tertiary alicyclic amines) is 1. The summed E-state index contributed by atoms with van der Waals surface area (Å²) in [6, 6.07) is 4.85. The summed E-state index contributed by atoms with van der Waals surface area (Å²) in [6.45, 7) is 1.43. The van der Waals surface area contributed by atoms with Crippen LogP contribution in [0.4, 0.5) is 4.39 Å². The molecule has 1 amide bonds. The highest BCUT2D eigenvalue weighted by Gasteiger charge is 2.24. The molecular weight excluding hydrogens is 307 g/mol. The van der Waals surface area contributed by atoms with Crippen LogP contribution in [0.15, 0.2) is 24.3 Å². The number of nitrogens with zero attached hydrogens (tertiary/aromatic N) is 1. The molecular formula is C15H21FN2O3S. The Hall–Kier alpha value is -1.47. The third-order valence-corrected chi connectivity index (χ3v) is 4.43. The van der Waals surface area contributed by atoms with Gasteiger partial charge in [0.1, 0.15) is 5.82 Å². The van der Waals surface area contributed by atoms with Crippen molar-refractivity contribution in [3.8, 4) is 0 Å². The Bertz CT molecular complexity index is 610. The summed E-state index contributed by atoms with van der Waals surface area (Å²) in [5.41, 5.74) is 0.581. The van der Waals surface area contributed by atoms with Crippen molar-refractivity contribution in [3.05, 3.63) is 35.6 Å². The van der Waals surface area contributed by atoms with E-state index in [1.165, 1.54) is 24.3 Å². The number of sulfonamides is 1. The van der Waals surface area contributed by atoms with Crippen molar-refractivity contribution in [2.45, 2.75) is 31.7 Å². The van der Waals surface area contributed by atoms with Gasteiger partial charge in [-0.1, -0.05) is 12.1 Å². The molecule has 1 heterocycles. The number of carbonyl (C=O) groups is 1. The molecule has 0 saturated carbocycles. The second-order valence-electron chi connectivity index (χ2n) is 5.64. The van der Waals surface area contributed by atoms with Crippen LogP contribution in [0.25, 0.3) is 0 Å². The molecule has 5 nitrogen and oxygen atoms in total. The van der Waals surface area contributed by atoms with Gasteiger partial charge in [-0.15, -0.1) is 0 Å². The lowest BCUT2D eigenvalue weighted by molar-refractivity contribution is -0.132. The van der Waals surface area contributed by atoms with Crippen molar-refractivity contribution in [2.75, 3.05) is 19.3 Å². The third-order valence-electron chi connectivity index (χ3n) is 3.72. The van der Waals surface area contributed by atoms with Crippen molar-refractivity contribution in [1.29, 1.82) is 0 Å². The second-order valence-corrected chi connectivity index (χ2v) is 7.42. The van der Waals surface area contributed by atoms with Gasteiger partial charge in [0.15, 0.2) is 0 Å². The van der Waals surface area contributed by atoms with Crippen LogP contribution in [-0.2, 0) is 14.8 Å². The van der Waals surface area contributed by atoms with Gasteiger partial charge in [-0.05, 0) is 37.0 Å². The smallest absolute Gasteiger partial charge is 0.224 e. The lowest BCUT2D eigenvalue weighted by Gasteiger charge is -2.28. The first-order valence-electron chi connectivity index (χ1n) is 7.36. The van der Waals surface area contributed by atoms with Crippen molar-refractivity contribution < 1.29 is 17.6 Å². The van der Waals surface area contributed by atoms with Crippen LogP contribution in [0.3, 0.4) is 0 Å². The van der Waals surface area contributed by atoms with Gasteiger partial charge in [0.05, 0.1) is 12.3 Å². The molecule has 0 bridgehead atoms. The largest absolute Gasteiger partial charge is 0.343 e. The number of nitrogens with one attached hydrogen (secondary N) is 1. The fourth-order valence-electron chi connectivity index (χ4n) is 2.63. The van der Waals surface area contributed by atoms with Crippen LogP contribution in [0.1, 0.15) is 37.3 Å². The van der Waals surface area contributed by atoms with E-state index in [0.29, 0.717) is 18.7 Å². The quantitative estimate of drug-likeness (QED) is 0.896. The molecule has 122 valence electrons. The molecule has 22 heavy (non-hydrogen) atoms. The van der Waals surface area contributed by atoms with Gasteiger partial charge in [-0.25, -0.2) is 17.5 Å². The van der Waals surface area contributed by atoms with Gasteiger partial charge in [0, 0.05) is 19.5 Å². The minimum atomic E-state index is -3.47. The maximum absolute atomic E-state index is 13.0. The molecule has 1 N–H and O–H groups in total. The van der Waals surface area contributed by atoms with E-state index in [4.69, 9.17) is 0 Å². The van der Waals surface area contributed by atoms with E-state index >= 15 is 0 Å². The number of amides is 1. The Balaban J connectivity index is 2.13. The predicted molar refractivity (Wildman–Crippen MR) is 82.2 cm³/mol. The van der Waals surface area contributed by atoms with Crippen molar-refractivity contribution in [3.63, 3.8) is 0 Å². The molecule has 1 aliphatic heterocycles. The molecule has 1 aliphatic rings. The number of carbonyl (C=O) groups excluding carboxylic acids is 1. The SMILES string of the molecule is CS(=O)(=O)N[C@H](CC(=O)N1CCCCC1)c1ccc(F)cc1. The Morgan fingerprint density at radius 1 is 1.23 bits per heavy atom. The lowest BCUT2D eigenvalue weighted by atomic mass is 10.0. The van der Waals surface area contributed by atoms with Crippen LogP contribution >= 0.6 is 0 Å². The molecule has 1 saturated heterocycles. The van der Waals surface area contributed by atoms with Gasteiger partial charge in [0.25, 0.3) is 0 Å².